The third kappa shape index (κ3) is 2.12. The second-order valence-corrected chi connectivity index (χ2v) is 5.16. The van der Waals surface area contributed by atoms with Crippen LogP contribution in [0.15, 0.2) is 30.5 Å². The number of nitrogens with zero attached hydrogens (tertiary/aromatic N) is 1. The number of fused-ring (bicyclic) bond motifs is 1. The van der Waals surface area contributed by atoms with Crippen molar-refractivity contribution in [2.24, 2.45) is 0 Å². The summed E-state index contributed by atoms with van der Waals surface area (Å²) in [5.41, 5.74) is 1.47. The van der Waals surface area contributed by atoms with E-state index in [2.05, 4.69) is 62.5 Å². The molecule has 1 nitrogen and oxygen atoms in total. The molecule has 0 fully saturated rings. The van der Waals surface area contributed by atoms with Crippen LogP contribution in [0.1, 0.15) is 17.4 Å². The van der Waals surface area contributed by atoms with E-state index in [0.717, 1.165) is 6.42 Å². The molecular formula is C14H17NS. The van der Waals surface area contributed by atoms with Gasteiger partial charge in [0.05, 0.1) is 0 Å². The van der Waals surface area contributed by atoms with E-state index in [4.69, 9.17) is 0 Å². The van der Waals surface area contributed by atoms with Gasteiger partial charge in [0.1, 0.15) is 0 Å². The van der Waals surface area contributed by atoms with Crippen molar-refractivity contribution in [1.29, 1.82) is 0 Å². The van der Waals surface area contributed by atoms with Crippen LogP contribution in [0.25, 0.3) is 16.2 Å². The molecule has 1 heterocycles. The number of hydrogen-bond donors (Lipinski definition) is 0. The summed E-state index contributed by atoms with van der Waals surface area (Å²) < 4.78 is 1.39. The van der Waals surface area contributed by atoms with E-state index >= 15 is 0 Å². The molecule has 0 bridgehead atoms. The lowest BCUT2D eigenvalue weighted by Gasteiger charge is -2.03. The van der Waals surface area contributed by atoms with Gasteiger partial charge in [0.25, 0.3) is 0 Å². The smallest absolute Gasteiger partial charge is 0.0352 e. The Hall–Kier alpha value is -1.28. The predicted molar refractivity (Wildman–Crippen MR) is 73.9 cm³/mol. The Morgan fingerprint density at radius 1 is 1.25 bits per heavy atom. The zero-order valence-electron chi connectivity index (χ0n) is 10.0. The quantitative estimate of drug-likeness (QED) is 0.772. The van der Waals surface area contributed by atoms with Gasteiger partial charge in [-0.25, -0.2) is 0 Å². The Kier molecular flexibility index (Phi) is 3.30. The Morgan fingerprint density at radius 3 is 2.69 bits per heavy atom. The van der Waals surface area contributed by atoms with Crippen LogP contribution in [0, 0.1) is 0 Å². The molecule has 0 radical (unpaired) electrons. The minimum atomic E-state index is 1.09. The van der Waals surface area contributed by atoms with E-state index in [1.165, 1.54) is 20.5 Å². The molecule has 0 atom stereocenters. The van der Waals surface area contributed by atoms with Crippen molar-refractivity contribution in [3.05, 3.63) is 40.9 Å². The Balaban J connectivity index is 2.52. The van der Waals surface area contributed by atoms with Crippen molar-refractivity contribution < 1.29 is 0 Å². The normalized spacial score (nSPS) is 11.4. The maximum absolute atomic E-state index is 2.22. The molecule has 1 aromatic carbocycles. The van der Waals surface area contributed by atoms with Gasteiger partial charge in [-0.05, 0) is 35.7 Å². The van der Waals surface area contributed by atoms with Gasteiger partial charge < -0.3 is 4.90 Å². The van der Waals surface area contributed by atoms with Crippen LogP contribution < -0.4 is 0 Å². The lowest BCUT2D eigenvalue weighted by atomic mass is 10.1. The zero-order chi connectivity index (χ0) is 11.5. The number of aryl methyl sites for hydroxylation is 1. The number of benzene rings is 1. The van der Waals surface area contributed by atoms with E-state index in [0.29, 0.717) is 0 Å². The topological polar surface area (TPSA) is 3.24 Å². The summed E-state index contributed by atoms with van der Waals surface area (Å²) in [5, 5.41) is 1.41. The molecule has 2 heteroatoms. The van der Waals surface area contributed by atoms with Crippen LogP contribution in [0.2, 0.25) is 0 Å². The Morgan fingerprint density at radius 2 is 2.00 bits per heavy atom. The van der Waals surface area contributed by atoms with Crippen molar-refractivity contribution in [3.63, 3.8) is 0 Å². The maximum atomic E-state index is 2.22. The van der Waals surface area contributed by atoms with Crippen LogP contribution in [0.4, 0.5) is 0 Å². The number of rotatable bonds is 3. The minimum absolute atomic E-state index is 1.09. The summed E-state index contributed by atoms with van der Waals surface area (Å²) in [6, 6.07) is 8.65. The molecule has 0 spiro atoms. The summed E-state index contributed by atoms with van der Waals surface area (Å²) in [6.45, 7) is 2.22. The first-order valence-corrected chi connectivity index (χ1v) is 6.39. The van der Waals surface area contributed by atoms with E-state index in [-0.39, 0.29) is 0 Å². The van der Waals surface area contributed by atoms with E-state index in [1.54, 1.807) is 0 Å². The molecule has 1 aromatic heterocycles. The number of thiophene rings is 1. The van der Waals surface area contributed by atoms with Gasteiger partial charge >= 0.3 is 0 Å². The predicted octanol–water partition coefficient (Wildman–Crippen LogP) is 4.00. The van der Waals surface area contributed by atoms with Crippen molar-refractivity contribution in [2.45, 2.75) is 13.3 Å². The molecule has 2 rings (SSSR count). The monoisotopic (exact) mass is 231 g/mol. The van der Waals surface area contributed by atoms with E-state index in [1.807, 2.05) is 11.3 Å². The van der Waals surface area contributed by atoms with Crippen LogP contribution in [-0.2, 0) is 6.42 Å². The highest BCUT2D eigenvalue weighted by Crippen LogP contribution is 2.32. The van der Waals surface area contributed by atoms with Gasteiger partial charge in [0, 0.05) is 23.7 Å². The van der Waals surface area contributed by atoms with Crippen LogP contribution in [0.3, 0.4) is 0 Å². The molecule has 84 valence electrons. The summed E-state index contributed by atoms with van der Waals surface area (Å²) in [7, 11) is 4.10. The highest BCUT2D eigenvalue weighted by Gasteiger charge is 2.07. The average Bonchev–Trinajstić information content (AvgIpc) is 2.63. The van der Waals surface area contributed by atoms with Gasteiger partial charge in [-0.3, -0.25) is 0 Å². The van der Waals surface area contributed by atoms with Crippen LogP contribution >= 0.6 is 11.3 Å². The molecule has 0 aliphatic rings. The summed E-state index contributed by atoms with van der Waals surface area (Å²) in [5.74, 6) is 0. The molecule has 0 N–H and O–H groups in total. The average molecular weight is 231 g/mol. The molecule has 0 unspecified atom stereocenters. The molecule has 16 heavy (non-hydrogen) atoms. The Labute approximate surface area is 101 Å². The lowest BCUT2D eigenvalue weighted by Crippen LogP contribution is -1.99. The SMILES string of the molecule is CCc1c(/C=C/N(C)C)sc2ccccc12. The van der Waals surface area contributed by atoms with Crippen molar-refractivity contribution in [3.8, 4) is 0 Å². The van der Waals surface area contributed by atoms with Crippen molar-refractivity contribution in [2.75, 3.05) is 14.1 Å². The van der Waals surface area contributed by atoms with Crippen molar-refractivity contribution >= 4 is 27.5 Å². The first kappa shape index (κ1) is 11.2. The highest BCUT2D eigenvalue weighted by molar-refractivity contribution is 7.20. The standard InChI is InChI=1S/C14H17NS/c1-4-11-12-7-5-6-8-13(12)16-14(11)9-10-15(2)3/h5-10H,4H2,1-3H3/b10-9+. The molecule has 0 aliphatic carbocycles. The fourth-order valence-electron chi connectivity index (χ4n) is 1.83. The van der Waals surface area contributed by atoms with Gasteiger partial charge in [0.15, 0.2) is 0 Å². The molecule has 0 saturated heterocycles. The zero-order valence-corrected chi connectivity index (χ0v) is 10.8. The lowest BCUT2D eigenvalue weighted by molar-refractivity contribution is 0.567. The summed E-state index contributed by atoms with van der Waals surface area (Å²) >= 11 is 1.88. The third-order valence-electron chi connectivity index (χ3n) is 2.61. The number of hydrogen-bond acceptors (Lipinski definition) is 2. The van der Waals surface area contributed by atoms with Gasteiger partial charge in [-0.1, -0.05) is 25.1 Å². The second kappa shape index (κ2) is 4.71. The highest BCUT2D eigenvalue weighted by atomic mass is 32.1. The summed E-state index contributed by atoms with van der Waals surface area (Å²) in [4.78, 5) is 3.46. The summed E-state index contributed by atoms with van der Waals surface area (Å²) in [6.07, 6.45) is 5.42. The first-order chi connectivity index (χ1) is 7.72. The van der Waals surface area contributed by atoms with Gasteiger partial charge in [0.2, 0.25) is 0 Å². The maximum Gasteiger partial charge on any atom is 0.0352 e. The third-order valence-corrected chi connectivity index (χ3v) is 3.79. The van der Waals surface area contributed by atoms with E-state index < -0.39 is 0 Å². The van der Waals surface area contributed by atoms with E-state index in [9.17, 15) is 0 Å². The Bertz CT molecular complexity index is 508. The van der Waals surface area contributed by atoms with Gasteiger partial charge in [-0.15, -0.1) is 11.3 Å². The van der Waals surface area contributed by atoms with Crippen LogP contribution in [0.5, 0.6) is 0 Å². The first-order valence-electron chi connectivity index (χ1n) is 5.57. The molecule has 0 aliphatic heterocycles. The fraction of sp³-hybridized carbons (Fsp3) is 0.286. The molecule has 2 aromatic rings. The minimum Gasteiger partial charge on any atom is -0.383 e. The van der Waals surface area contributed by atoms with Gasteiger partial charge in [-0.2, -0.15) is 0 Å². The fourth-order valence-corrected chi connectivity index (χ4v) is 3.02. The molecular weight excluding hydrogens is 214 g/mol. The largest absolute Gasteiger partial charge is 0.383 e. The van der Waals surface area contributed by atoms with Crippen LogP contribution in [-0.4, -0.2) is 19.0 Å². The second-order valence-electron chi connectivity index (χ2n) is 4.07. The molecule has 0 saturated carbocycles. The van der Waals surface area contributed by atoms with Crippen molar-refractivity contribution in [1.82, 2.24) is 4.90 Å². The molecule has 0 amide bonds.